The van der Waals surface area contributed by atoms with Gasteiger partial charge < -0.3 is 19.4 Å². The highest BCUT2D eigenvalue weighted by atomic mass is 19.1. The smallest absolute Gasteiger partial charge is 0.356 e. The van der Waals surface area contributed by atoms with Crippen molar-refractivity contribution in [1.29, 1.82) is 0 Å². The highest BCUT2D eigenvalue weighted by Crippen LogP contribution is 2.43. The number of allylic oxidation sites excluding steroid dienone is 3. The third-order valence-corrected chi connectivity index (χ3v) is 9.15. The fourth-order valence-corrected chi connectivity index (χ4v) is 6.73. The van der Waals surface area contributed by atoms with Crippen molar-refractivity contribution in [1.82, 2.24) is 24.5 Å². The zero-order chi connectivity index (χ0) is 30.4. The molecule has 3 aliphatic rings. The van der Waals surface area contributed by atoms with Gasteiger partial charge in [0, 0.05) is 44.7 Å². The van der Waals surface area contributed by atoms with Gasteiger partial charge in [-0.25, -0.2) is 23.7 Å². The van der Waals surface area contributed by atoms with E-state index in [9.17, 15) is 14.0 Å². The highest BCUT2D eigenvalue weighted by Gasteiger charge is 2.47. The largest absolute Gasteiger partial charge is 0.464 e. The summed E-state index contributed by atoms with van der Waals surface area (Å²) in [5.41, 5.74) is 2.87. The monoisotopic (exact) mass is 585 g/mol. The van der Waals surface area contributed by atoms with Gasteiger partial charge in [0.15, 0.2) is 11.3 Å². The molecule has 0 radical (unpaired) electrons. The van der Waals surface area contributed by atoms with Gasteiger partial charge in [-0.05, 0) is 49.1 Å². The standard InChI is InChI=1S/C32H36FN7O3/c1-5-8-23(6-2)32(17-33)20-39(21-32)24-15-22(3)28-35-27(36-40(28)16-24)29(41)38-14-12-31(19-38)11-13-37(18-31)26-10-7-9-25(34-26)30(42)43-4/h5-10,15-16H,1-2,11-14,17-21H2,3-4H3/b23-8+/t31-/m1/s1. The molecule has 0 saturated carbocycles. The Labute approximate surface area is 250 Å². The number of fused-ring (bicyclic) bond motifs is 1. The summed E-state index contributed by atoms with van der Waals surface area (Å²) in [6.07, 6.45) is 8.84. The van der Waals surface area contributed by atoms with Crippen molar-refractivity contribution in [3.05, 3.63) is 84.5 Å². The molecular formula is C32H36FN7O3. The maximum atomic E-state index is 14.1. The van der Waals surface area contributed by atoms with Crippen molar-refractivity contribution in [2.45, 2.75) is 19.8 Å². The Morgan fingerprint density at radius 3 is 2.60 bits per heavy atom. The molecular weight excluding hydrogens is 549 g/mol. The van der Waals surface area contributed by atoms with Crippen LogP contribution in [0.1, 0.15) is 39.5 Å². The molecule has 3 saturated heterocycles. The van der Waals surface area contributed by atoms with Crippen molar-refractivity contribution in [2.24, 2.45) is 10.8 Å². The number of esters is 1. The van der Waals surface area contributed by atoms with E-state index in [4.69, 9.17) is 4.74 Å². The van der Waals surface area contributed by atoms with E-state index in [1.807, 2.05) is 42.3 Å². The summed E-state index contributed by atoms with van der Waals surface area (Å²) in [6.45, 7) is 12.9. The van der Waals surface area contributed by atoms with Crippen LogP contribution in [0.4, 0.5) is 15.9 Å². The van der Waals surface area contributed by atoms with Crippen LogP contribution in [0.15, 0.2) is 67.4 Å². The minimum atomic E-state index is -0.607. The Hall–Kier alpha value is -4.54. The Bertz CT molecular complexity index is 1640. The average Bonchev–Trinajstić information content (AvgIpc) is 3.74. The number of pyridine rings is 2. The van der Waals surface area contributed by atoms with Crippen molar-refractivity contribution < 1.29 is 18.7 Å². The van der Waals surface area contributed by atoms with Crippen LogP contribution >= 0.6 is 0 Å². The molecule has 3 aromatic rings. The molecule has 0 aromatic carbocycles. The molecule has 3 fully saturated rings. The SMILES string of the molecule is C=C/C=C(\C=C)C1(CF)CN(c2cc(C)c3nc(C(=O)N4CC[C@@]5(CCN(c6cccc(C(=O)OC)n6)C5)C4)nn3c2)C1. The third-order valence-electron chi connectivity index (χ3n) is 9.15. The third kappa shape index (κ3) is 4.96. The van der Waals surface area contributed by atoms with E-state index in [2.05, 4.69) is 38.0 Å². The summed E-state index contributed by atoms with van der Waals surface area (Å²) in [5, 5.41) is 4.58. The lowest BCUT2D eigenvalue weighted by molar-refractivity contribution is 0.0593. The molecule has 0 N–H and O–H groups in total. The Morgan fingerprint density at radius 2 is 1.88 bits per heavy atom. The fourth-order valence-electron chi connectivity index (χ4n) is 6.73. The van der Waals surface area contributed by atoms with Crippen LogP contribution in [0.3, 0.4) is 0 Å². The number of methoxy groups -OCH3 is 1. The first-order valence-electron chi connectivity index (χ1n) is 14.5. The lowest BCUT2D eigenvalue weighted by Crippen LogP contribution is -2.58. The zero-order valence-electron chi connectivity index (χ0n) is 24.6. The van der Waals surface area contributed by atoms with Gasteiger partial charge in [-0.2, -0.15) is 0 Å². The number of carbonyl (C=O) groups is 2. The molecule has 1 atom stereocenters. The van der Waals surface area contributed by atoms with E-state index < -0.39 is 18.1 Å². The van der Waals surface area contributed by atoms with Crippen LogP contribution < -0.4 is 9.80 Å². The summed E-state index contributed by atoms with van der Waals surface area (Å²) in [4.78, 5) is 40.8. The van der Waals surface area contributed by atoms with Gasteiger partial charge in [0.1, 0.15) is 12.5 Å². The second kappa shape index (κ2) is 10.9. The molecule has 1 amide bonds. The number of aryl methyl sites for hydroxylation is 1. The zero-order valence-corrected chi connectivity index (χ0v) is 24.6. The molecule has 3 aromatic heterocycles. The summed E-state index contributed by atoms with van der Waals surface area (Å²) in [6, 6.07) is 7.36. The van der Waals surface area contributed by atoms with Gasteiger partial charge in [-0.15, -0.1) is 5.10 Å². The van der Waals surface area contributed by atoms with Crippen molar-refractivity contribution in [2.75, 3.05) is 62.9 Å². The van der Waals surface area contributed by atoms with Crippen LogP contribution in [-0.2, 0) is 4.74 Å². The van der Waals surface area contributed by atoms with Gasteiger partial charge in [-0.3, -0.25) is 4.79 Å². The molecule has 1 spiro atoms. The van der Waals surface area contributed by atoms with E-state index in [0.29, 0.717) is 31.8 Å². The molecule has 6 rings (SSSR count). The summed E-state index contributed by atoms with van der Waals surface area (Å²) >= 11 is 0. The predicted octanol–water partition coefficient (Wildman–Crippen LogP) is 4.04. The summed E-state index contributed by atoms with van der Waals surface area (Å²) in [5.74, 6) is 0.262. The Kier molecular flexibility index (Phi) is 7.27. The van der Waals surface area contributed by atoms with E-state index in [-0.39, 0.29) is 22.8 Å². The minimum absolute atomic E-state index is 0.0500. The molecule has 6 heterocycles. The van der Waals surface area contributed by atoms with Crippen LogP contribution in [0.2, 0.25) is 0 Å². The topological polar surface area (TPSA) is 96.2 Å². The van der Waals surface area contributed by atoms with Gasteiger partial charge in [0.05, 0.1) is 24.4 Å². The van der Waals surface area contributed by atoms with Gasteiger partial charge >= 0.3 is 5.97 Å². The molecule has 0 aliphatic carbocycles. The lowest BCUT2D eigenvalue weighted by atomic mass is 9.73. The van der Waals surface area contributed by atoms with Gasteiger partial charge in [0.25, 0.3) is 5.91 Å². The quantitative estimate of drug-likeness (QED) is 0.289. The number of nitrogens with zero attached hydrogens (tertiary/aromatic N) is 7. The second-order valence-corrected chi connectivity index (χ2v) is 11.9. The number of anilines is 2. The molecule has 11 heteroatoms. The Balaban J connectivity index is 1.15. The number of aromatic nitrogens is 4. The number of hydrogen-bond donors (Lipinski definition) is 0. The minimum Gasteiger partial charge on any atom is -0.464 e. The Morgan fingerprint density at radius 1 is 1.09 bits per heavy atom. The first-order chi connectivity index (χ1) is 20.7. The number of amides is 1. The van der Waals surface area contributed by atoms with Crippen molar-refractivity contribution in [3.8, 4) is 0 Å². The van der Waals surface area contributed by atoms with E-state index >= 15 is 0 Å². The first kappa shape index (κ1) is 28.6. The van der Waals surface area contributed by atoms with Crippen LogP contribution in [-0.4, -0.2) is 89.4 Å². The maximum absolute atomic E-state index is 14.1. The maximum Gasteiger partial charge on any atom is 0.356 e. The van der Waals surface area contributed by atoms with E-state index in [1.165, 1.54) is 7.11 Å². The average molecular weight is 586 g/mol. The molecule has 0 unspecified atom stereocenters. The molecule has 3 aliphatic heterocycles. The highest BCUT2D eigenvalue weighted by molar-refractivity contribution is 5.91. The van der Waals surface area contributed by atoms with Gasteiger partial charge in [0.2, 0.25) is 5.82 Å². The normalized spacial score (nSPS) is 21.4. The number of alkyl halides is 1. The van der Waals surface area contributed by atoms with Crippen LogP contribution in [0.5, 0.6) is 0 Å². The number of rotatable bonds is 8. The number of likely N-dealkylation sites (tertiary alicyclic amines) is 1. The van der Waals surface area contributed by atoms with Crippen LogP contribution in [0.25, 0.3) is 5.65 Å². The molecule has 224 valence electrons. The van der Waals surface area contributed by atoms with E-state index in [1.54, 1.807) is 22.7 Å². The van der Waals surface area contributed by atoms with Crippen molar-refractivity contribution in [3.63, 3.8) is 0 Å². The predicted molar refractivity (Wildman–Crippen MR) is 162 cm³/mol. The number of hydrogen-bond acceptors (Lipinski definition) is 8. The number of halogens is 1. The van der Waals surface area contributed by atoms with Crippen molar-refractivity contribution >= 4 is 29.0 Å². The summed E-state index contributed by atoms with van der Waals surface area (Å²) in [7, 11) is 1.34. The molecule has 10 nitrogen and oxygen atoms in total. The first-order valence-corrected chi connectivity index (χ1v) is 14.5. The molecule has 0 bridgehead atoms. The number of carbonyl (C=O) groups excluding carboxylic acids is 2. The number of ether oxygens (including phenoxy) is 1. The van der Waals surface area contributed by atoms with Crippen LogP contribution in [0, 0.1) is 17.8 Å². The summed E-state index contributed by atoms with van der Waals surface area (Å²) < 4.78 is 20.6. The lowest BCUT2D eigenvalue weighted by Gasteiger charge is -2.50. The van der Waals surface area contributed by atoms with E-state index in [0.717, 1.165) is 48.6 Å². The van der Waals surface area contributed by atoms with Gasteiger partial charge in [-0.1, -0.05) is 37.5 Å². The second-order valence-electron chi connectivity index (χ2n) is 11.9. The molecule has 43 heavy (non-hydrogen) atoms. The fraction of sp³-hybridized carbons (Fsp3) is 0.406.